The fraction of sp³-hybridized carbons (Fsp3) is 0.643. The molecular weight excluding hydrogens is 198 g/mol. The van der Waals surface area contributed by atoms with E-state index in [1.807, 2.05) is 6.20 Å². The summed E-state index contributed by atoms with van der Waals surface area (Å²) in [6.07, 6.45) is 2.17. The number of aromatic nitrogens is 1. The molecule has 0 radical (unpaired) electrons. The zero-order chi connectivity index (χ0) is 11.9. The van der Waals surface area contributed by atoms with Crippen LogP contribution in [0.3, 0.4) is 0 Å². The molecule has 88 valence electrons. The van der Waals surface area contributed by atoms with Crippen LogP contribution in [0.1, 0.15) is 63.5 Å². The van der Waals surface area contributed by atoms with Crippen molar-refractivity contribution in [3.05, 3.63) is 29.1 Å². The molecule has 1 aliphatic heterocycles. The number of pyridine rings is 1. The molecule has 2 rings (SSSR count). The summed E-state index contributed by atoms with van der Waals surface area (Å²) in [5.41, 5.74) is 3.85. The number of hydrogen-bond acceptors (Lipinski definition) is 2. The molecule has 0 fully saturated rings. The maximum absolute atomic E-state index is 5.86. The van der Waals surface area contributed by atoms with E-state index < -0.39 is 0 Å². The molecule has 1 aromatic rings. The van der Waals surface area contributed by atoms with Crippen molar-refractivity contribution >= 4 is 0 Å². The van der Waals surface area contributed by atoms with Gasteiger partial charge in [-0.05, 0) is 23.0 Å². The van der Waals surface area contributed by atoms with Crippen LogP contribution in [0, 0.1) is 5.41 Å². The van der Waals surface area contributed by atoms with Gasteiger partial charge in [-0.1, -0.05) is 34.6 Å². The molecule has 0 saturated heterocycles. The molecule has 0 aliphatic carbocycles. The first-order chi connectivity index (χ1) is 7.39. The van der Waals surface area contributed by atoms with Crippen LogP contribution in [0.5, 0.6) is 0 Å². The van der Waals surface area contributed by atoms with Gasteiger partial charge in [0.05, 0.1) is 18.4 Å². The Balaban J connectivity index is 2.41. The first-order valence-corrected chi connectivity index (χ1v) is 6.00. The molecule has 0 N–H and O–H groups in total. The molecule has 16 heavy (non-hydrogen) atoms. The summed E-state index contributed by atoms with van der Waals surface area (Å²) in [6.45, 7) is 11.7. The lowest BCUT2D eigenvalue weighted by Gasteiger charge is -2.26. The number of fused-ring (bicyclic) bond motifs is 1. The van der Waals surface area contributed by atoms with Gasteiger partial charge in [0.15, 0.2) is 0 Å². The van der Waals surface area contributed by atoms with Gasteiger partial charge in [0.2, 0.25) is 0 Å². The Morgan fingerprint density at radius 1 is 1.38 bits per heavy atom. The van der Waals surface area contributed by atoms with Gasteiger partial charge in [-0.2, -0.15) is 0 Å². The SMILES string of the molecule is CC(C)c1cnc2c(c1)C(C(C)(C)C)OC2. The lowest BCUT2D eigenvalue weighted by Crippen LogP contribution is -2.17. The summed E-state index contributed by atoms with van der Waals surface area (Å²) in [4.78, 5) is 4.52. The van der Waals surface area contributed by atoms with Crippen molar-refractivity contribution < 1.29 is 4.74 Å². The van der Waals surface area contributed by atoms with Crippen LogP contribution in [0.2, 0.25) is 0 Å². The maximum atomic E-state index is 5.86. The van der Waals surface area contributed by atoms with E-state index in [1.54, 1.807) is 0 Å². The van der Waals surface area contributed by atoms with Crippen molar-refractivity contribution in [2.24, 2.45) is 5.41 Å². The van der Waals surface area contributed by atoms with Gasteiger partial charge in [0.1, 0.15) is 0 Å². The number of nitrogens with zero attached hydrogens (tertiary/aromatic N) is 1. The van der Waals surface area contributed by atoms with Gasteiger partial charge in [0, 0.05) is 11.8 Å². The predicted molar refractivity (Wildman–Crippen MR) is 65.3 cm³/mol. The van der Waals surface area contributed by atoms with E-state index in [0.29, 0.717) is 12.5 Å². The van der Waals surface area contributed by atoms with E-state index in [9.17, 15) is 0 Å². The molecule has 0 bridgehead atoms. The highest BCUT2D eigenvalue weighted by Gasteiger charge is 2.34. The molecule has 0 spiro atoms. The minimum absolute atomic E-state index is 0.141. The van der Waals surface area contributed by atoms with Crippen molar-refractivity contribution in [3.8, 4) is 0 Å². The number of rotatable bonds is 1. The van der Waals surface area contributed by atoms with Crippen molar-refractivity contribution in [3.63, 3.8) is 0 Å². The molecule has 1 aliphatic rings. The summed E-state index contributed by atoms with van der Waals surface area (Å²) in [7, 11) is 0. The Hall–Kier alpha value is -0.890. The van der Waals surface area contributed by atoms with Gasteiger partial charge < -0.3 is 4.74 Å². The van der Waals surface area contributed by atoms with Crippen LogP contribution in [0.15, 0.2) is 12.3 Å². The molecule has 0 aromatic carbocycles. The highest BCUT2D eigenvalue weighted by molar-refractivity contribution is 5.32. The smallest absolute Gasteiger partial charge is 0.0900 e. The highest BCUT2D eigenvalue weighted by atomic mass is 16.5. The van der Waals surface area contributed by atoms with Gasteiger partial charge >= 0.3 is 0 Å². The highest BCUT2D eigenvalue weighted by Crippen LogP contribution is 2.42. The third-order valence-electron chi connectivity index (χ3n) is 3.15. The molecule has 2 heterocycles. The summed E-state index contributed by atoms with van der Waals surface area (Å²) in [5.74, 6) is 0.527. The first kappa shape index (κ1) is 11.6. The van der Waals surface area contributed by atoms with Crippen LogP contribution in [-0.4, -0.2) is 4.98 Å². The molecule has 2 nitrogen and oxygen atoms in total. The lowest BCUT2D eigenvalue weighted by molar-refractivity contribution is -0.00835. The van der Waals surface area contributed by atoms with Gasteiger partial charge in [-0.25, -0.2) is 0 Å². The molecule has 0 amide bonds. The number of ether oxygens (including phenoxy) is 1. The summed E-state index contributed by atoms with van der Waals surface area (Å²) in [6, 6.07) is 2.27. The Kier molecular flexibility index (Phi) is 2.79. The Morgan fingerprint density at radius 3 is 2.62 bits per heavy atom. The van der Waals surface area contributed by atoms with E-state index in [2.05, 4.69) is 45.7 Å². The summed E-state index contributed by atoms with van der Waals surface area (Å²) < 4.78 is 5.86. The zero-order valence-corrected chi connectivity index (χ0v) is 10.9. The fourth-order valence-electron chi connectivity index (χ4n) is 2.16. The fourth-order valence-corrected chi connectivity index (χ4v) is 2.16. The van der Waals surface area contributed by atoms with E-state index in [1.165, 1.54) is 11.1 Å². The molecule has 2 heteroatoms. The summed E-state index contributed by atoms with van der Waals surface area (Å²) >= 11 is 0. The van der Waals surface area contributed by atoms with E-state index in [-0.39, 0.29) is 11.5 Å². The van der Waals surface area contributed by atoms with Crippen molar-refractivity contribution in [2.75, 3.05) is 0 Å². The zero-order valence-electron chi connectivity index (χ0n) is 10.9. The van der Waals surface area contributed by atoms with Crippen molar-refractivity contribution in [2.45, 2.75) is 53.2 Å². The van der Waals surface area contributed by atoms with Crippen LogP contribution in [0.25, 0.3) is 0 Å². The average Bonchev–Trinajstić information content (AvgIpc) is 2.58. The molecular formula is C14H21NO. The van der Waals surface area contributed by atoms with E-state index >= 15 is 0 Å². The van der Waals surface area contributed by atoms with Gasteiger partial charge in [-0.3, -0.25) is 4.98 Å². The predicted octanol–water partition coefficient (Wildman–Crippen LogP) is 3.82. The molecule has 1 unspecified atom stereocenters. The summed E-state index contributed by atoms with van der Waals surface area (Å²) in [5, 5.41) is 0. The number of hydrogen-bond donors (Lipinski definition) is 0. The Morgan fingerprint density at radius 2 is 2.06 bits per heavy atom. The monoisotopic (exact) mass is 219 g/mol. The second kappa shape index (κ2) is 3.85. The van der Waals surface area contributed by atoms with Crippen LogP contribution in [-0.2, 0) is 11.3 Å². The molecule has 0 saturated carbocycles. The molecule has 1 atom stereocenters. The second-order valence-electron chi connectivity index (χ2n) is 6.02. The van der Waals surface area contributed by atoms with Crippen LogP contribution >= 0.6 is 0 Å². The standard InChI is InChI=1S/C14H21NO/c1-9(2)10-6-11-12(15-7-10)8-16-13(11)14(3,4)5/h6-7,9,13H,8H2,1-5H3. The van der Waals surface area contributed by atoms with Crippen molar-refractivity contribution in [1.29, 1.82) is 0 Å². The largest absolute Gasteiger partial charge is 0.367 e. The topological polar surface area (TPSA) is 22.1 Å². The third-order valence-corrected chi connectivity index (χ3v) is 3.15. The van der Waals surface area contributed by atoms with E-state index in [4.69, 9.17) is 4.74 Å². The Labute approximate surface area is 98.0 Å². The third kappa shape index (κ3) is 1.99. The Bertz CT molecular complexity index is 390. The quantitative estimate of drug-likeness (QED) is 0.716. The van der Waals surface area contributed by atoms with E-state index in [0.717, 1.165) is 5.69 Å². The minimum atomic E-state index is 0.141. The first-order valence-electron chi connectivity index (χ1n) is 6.00. The van der Waals surface area contributed by atoms with Crippen molar-refractivity contribution in [1.82, 2.24) is 4.98 Å². The minimum Gasteiger partial charge on any atom is -0.367 e. The average molecular weight is 219 g/mol. The maximum Gasteiger partial charge on any atom is 0.0900 e. The molecule has 1 aromatic heterocycles. The van der Waals surface area contributed by atoms with Gasteiger partial charge in [0.25, 0.3) is 0 Å². The van der Waals surface area contributed by atoms with Crippen LogP contribution < -0.4 is 0 Å². The van der Waals surface area contributed by atoms with Crippen LogP contribution in [0.4, 0.5) is 0 Å². The lowest BCUT2D eigenvalue weighted by atomic mass is 9.84. The normalized spacial score (nSPS) is 20.2. The second-order valence-corrected chi connectivity index (χ2v) is 6.02. The van der Waals surface area contributed by atoms with Gasteiger partial charge in [-0.15, -0.1) is 0 Å².